The van der Waals surface area contributed by atoms with Gasteiger partial charge in [0.05, 0.1) is 30.0 Å². The Morgan fingerprint density at radius 3 is 2.69 bits per heavy atom. The number of benzene rings is 1. The Bertz CT molecular complexity index is 1230. The van der Waals surface area contributed by atoms with Crippen molar-refractivity contribution in [2.75, 3.05) is 31.2 Å². The van der Waals surface area contributed by atoms with Gasteiger partial charge in [0.25, 0.3) is 0 Å². The second-order valence-corrected chi connectivity index (χ2v) is 10.1. The van der Waals surface area contributed by atoms with Crippen molar-refractivity contribution in [2.45, 2.75) is 51.7 Å². The van der Waals surface area contributed by atoms with E-state index in [1.54, 1.807) is 0 Å². The van der Waals surface area contributed by atoms with E-state index < -0.39 is 0 Å². The van der Waals surface area contributed by atoms with Gasteiger partial charge in [-0.25, -0.2) is 9.97 Å². The maximum atomic E-state index is 6.86. The van der Waals surface area contributed by atoms with Crippen molar-refractivity contribution in [2.24, 2.45) is 11.1 Å². The number of piperidine rings is 1. The molecule has 2 fully saturated rings. The molecule has 0 bridgehead atoms. The molecule has 6 rings (SSSR count). The van der Waals surface area contributed by atoms with Crippen LogP contribution >= 0.6 is 38.6 Å². The summed E-state index contributed by atoms with van der Waals surface area (Å²) in [7, 11) is 0. The molecule has 0 unspecified atom stereocenters. The van der Waals surface area contributed by atoms with Crippen LogP contribution in [0.2, 0.25) is 5.02 Å². The Kier molecular flexibility index (Phi) is 7.56. The molecule has 0 aliphatic carbocycles. The quantitative estimate of drug-likeness (QED) is 0.529. The van der Waals surface area contributed by atoms with Gasteiger partial charge < -0.3 is 20.1 Å². The summed E-state index contributed by atoms with van der Waals surface area (Å²) < 4.78 is 13.9. The van der Waals surface area contributed by atoms with Gasteiger partial charge in [-0.15, -0.1) is 0 Å². The van der Waals surface area contributed by atoms with Gasteiger partial charge in [0.15, 0.2) is 0 Å². The summed E-state index contributed by atoms with van der Waals surface area (Å²) >= 11 is 6.86. The van der Waals surface area contributed by atoms with Gasteiger partial charge in [0.2, 0.25) is 5.95 Å². The number of fused-ring (bicyclic) bond motifs is 2. The van der Waals surface area contributed by atoms with Gasteiger partial charge in [0, 0.05) is 48.1 Å². The van der Waals surface area contributed by atoms with Crippen molar-refractivity contribution in [3.05, 3.63) is 40.8 Å². The Morgan fingerprint density at radius 1 is 1.20 bits per heavy atom. The number of nitrogens with two attached hydrogens (primary N) is 1. The van der Waals surface area contributed by atoms with E-state index >= 15 is 0 Å². The smallest absolute Gasteiger partial charge is 0.211 e. The van der Waals surface area contributed by atoms with Crippen LogP contribution in [0.5, 0.6) is 5.75 Å². The summed E-state index contributed by atoms with van der Waals surface area (Å²) in [6.07, 6.45) is 7.97. The first kappa shape index (κ1) is 26.4. The minimum atomic E-state index is 0. The molecule has 10 heteroatoms. The van der Waals surface area contributed by atoms with Gasteiger partial charge in [-0.1, -0.05) is 23.7 Å². The molecular formula is C25H34ClN5O2S2. The number of aromatic nitrogens is 3. The minimum Gasteiger partial charge on any atom is -0.492 e. The highest BCUT2D eigenvalue weighted by Gasteiger charge is 2.47. The molecule has 7 nitrogen and oxygen atoms in total. The van der Waals surface area contributed by atoms with Gasteiger partial charge in [-0.2, -0.15) is 27.0 Å². The highest BCUT2D eigenvalue weighted by molar-refractivity contribution is 7.59. The van der Waals surface area contributed by atoms with E-state index in [9.17, 15) is 0 Å². The SMILES string of the molecule is Cc1nc(N2CCC3(CC2)CO[C@@H](C)[C@H]3N)n2ccnc2c1-c1ccc2c(c1Cl)OCCC2.S.S. The zero-order chi connectivity index (χ0) is 22.7. The maximum absolute atomic E-state index is 6.86. The predicted molar refractivity (Wildman–Crippen MR) is 150 cm³/mol. The van der Waals surface area contributed by atoms with Crippen LogP contribution in [-0.4, -0.2) is 52.8 Å². The van der Waals surface area contributed by atoms with Crippen LogP contribution in [0.15, 0.2) is 24.5 Å². The summed E-state index contributed by atoms with van der Waals surface area (Å²) in [5.41, 5.74) is 11.4. The monoisotopic (exact) mass is 535 g/mol. The average Bonchev–Trinajstić information content (AvgIpc) is 3.42. The number of aryl methyl sites for hydroxylation is 2. The molecule has 3 aromatic rings. The van der Waals surface area contributed by atoms with Crippen molar-refractivity contribution in [1.29, 1.82) is 0 Å². The Hall–Kier alpha value is -1.65. The van der Waals surface area contributed by atoms with Gasteiger partial charge in [0.1, 0.15) is 11.4 Å². The molecule has 2 N–H and O–H groups in total. The van der Waals surface area contributed by atoms with Crippen LogP contribution in [0.25, 0.3) is 16.8 Å². The molecule has 1 spiro atoms. The fourth-order valence-electron chi connectivity index (χ4n) is 5.81. The molecule has 2 atom stereocenters. The van der Waals surface area contributed by atoms with Crippen molar-refractivity contribution >= 4 is 50.2 Å². The van der Waals surface area contributed by atoms with Crippen molar-refractivity contribution in [3.63, 3.8) is 0 Å². The molecule has 5 heterocycles. The first-order valence-corrected chi connectivity index (χ1v) is 12.3. The number of halogens is 1. The zero-order valence-corrected chi connectivity index (χ0v) is 22.9. The third-order valence-corrected chi connectivity index (χ3v) is 8.26. The van der Waals surface area contributed by atoms with E-state index in [4.69, 9.17) is 36.8 Å². The highest BCUT2D eigenvalue weighted by atomic mass is 35.5. The highest BCUT2D eigenvalue weighted by Crippen LogP contribution is 2.44. The lowest BCUT2D eigenvalue weighted by atomic mass is 9.73. The van der Waals surface area contributed by atoms with E-state index in [0.29, 0.717) is 11.6 Å². The standard InChI is InChI=1S/C25H30ClN5O2.2H2S/c1-15-19(18-6-5-17-4-3-13-32-21(17)20(18)26)23-28-9-12-31(23)24(29-15)30-10-7-25(8-11-30)14-33-16(2)22(25)27;;/h5-6,9,12,16,22H,3-4,7-8,10-11,13-14,27H2,1-2H3;2*1H2/t16-,22+;;/m0../s1. The van der Waals surface area contributed by atoms with Crippen LogP contribution in [0.3, 0.4) is 0 Å². The minimum absolute atomic E-state index is 0. The third-order valence-electron chi connectivity index (χ3n) is 7.88. The fourth-order valence-corrected chi connectivity index (χ4v) is 6.15. The Labute approximate surface area is 225 Å². The molecule has 0 amide bonds. The second-order valence-electron chi connectivity index (χ2n) is 9.75. The van der Waals surface area contributed by atoms with Crippen molar-refractivity contribution in [1.82, 2.24) is 14.4 Å². The molecule has 0 radical (unpaired) electrons. The summed E-state index contributed by atoms with van der Waals surface area (Å²) in [5.74, 6) is 1.73. The molecular weight excluding hydrogens is 502 g/mol. The first-order chi connectivity index (χ1) is 16.0. The van der Waals surface area contributed by atoms with Gasteiger partial charge in [-0.05, 0) is 45.1 Å². The Balaban J connectivity index is 0.00000144. The third kappa shape index (κ3) is 4.19. The molecule has 0 saturated carbocycles. The van der Waals surface area contributed by atoms with Crippen LogP contribution in [0, 0.1) is 12.3 Å². The largest absolute Gasteiger partial charge is 0.492 e. The maximum Gasteiger partial charge on any atom is 0.211 e. The molecule has 1 aromatic carbocycles. The summed E-state index contributed by atoms with van der Waals surface area (Å²) in [5, 5.41) is 0.652. The zero-order valence-electron chi connectivity index (χ0n) is 20.2. The van der Waals surface area contributed by atoms with E-state index in [-0.39, 0.29) is 44.6 Å². The van der Waals surface area contributed by atoms with E-state index in [1.165, 1.54) is 5.56 Å². The number of anilines is 1. The number of hydrogen-bond acceptors (Lipinski definition) is 6. The van der Waals surface area contributed by atoms with E-state index in [0.717, 1.165) is 79.5 Å². The molecule has 3 aliphatic heterocycles. The lowest BCUT2D eigenvalue weighted by molar-refractivity contribution is 0.0973. The van der Waals surface area contributed by atoms with E-state index in [2.05, 4.69) is 28.4 Å². The number of nitrogens with zero attached hydrogens (tertiary/aromatic N) is 4. The average molecular weight is 536 g/mol. The number of rotatable bonds is 2. The molecule has 2 aromatic heterocycles. The van der Waals surface area contributed by atoms with Crippen LogP contribution in [-0.2, 0) is 11.2 Å². The van der Waals surface area contributed by atoms with Crippen LogP contribution in [0.4, 0.5) is 5.95 Å². The number of hydrogen-bond donors (Lipinski definition) is 1. The number of ether oxygens (including phenoxy) is 2. The van der Waals surface area contributed by atoms with Crippen molar-refractivity contribution < 1.29 is 9.47 Å². The van der Waals surface area contributed by atoms with E-state index in [1.807, 2.05) is 19.3 Å². The van der Waals surface area contributed by atoms with Crippen LogP contribution < -0.4 is 15.4 Å². The van der Waals surface area contributed by atoms with Crippen molar-refractivity contribution in [3.8, 4) is 16.9 Å². The lowest BCUT2D eigenvalue weighted by Crippen LogP contribution is -2.51. The number of imidazole rings is 1. The summed E-state index contributed by atoms with van der Waals surface area (Å²) in [6, 6.07) is 4.31. The molecule has 3 aliphatic rings. The Morgan fingerprint density at radius 2 is 1.97 bits per heavy atom. The topological polar surface area (TPSA) is 77.9 Å². The van der Waals surface area contributed by atoms with Gasteiger partial charge in [-0.3, -0.25) is 4.40 Å². The van der Waals surface area contributed by atoms with Gasteiger partial charge >= 0.3 is 0 Å². The fraction of sp³-hybridized carbons (Fsp3) is 0.520. The lowest BCUT2D eigenvalue weighted by Gasteiger charge is -2.41. The first-order valence-electron chi connectivity index (χ1n) is 11.9. The predicted octanol–water partition coefficient (Wildman–Crippen LogP) is 4.24. The summed E-state index contributed by atoms with van der Waals surface area (Å²) in [4.78, 5) is 12.1. The molecule has 35 heavy (non-hydrogen) atoms. The van der Waals surface area contributed by atoms with Crippen LogP contribution in [0.1, 0.15) is 37.4 Å². The normalized spacial score (nSPS) is 22.9. The second kappa shape index (κ2) is 10.0. The molecule has 2 saturated heterocycles. The summed E-state index contributed by atoms with van der Waals surface area (Å²) in [6.45, 7) is 7.38. The molecule has 190 valence electrons.